The van der Waals surface area contributed by atoms with E-state index in [-0.39, 0.29) is 11.8 Å². The number of carbonyl (C=O) groups is 2. The van der Waals surface area contributed by atoms with Crippen molar-refractivity contribution in [2.75, 3.05) is 6.26 Å². The average molecular weight is 231 g/mol. The molecule has 2 unspecified atom stereocenters. The molecule has 0 aromatic rings. The zero-order valence-corrected chi connectivity index (χ0v) is 7.85. The highest BCUT2D eigenvalue weighted by atomic mass is 32.2. The Kier molecular flexibility index (Phi) is 3.95. The van der Waals surface area contributed by atoms with Gasteiger partial charge in [0.25, 0.3) is 0 Å². The van der Waals surface area contributed by atoms with Crippen molar-refractivity contribution in [3.63, 3.8) is 0 Å². The van der Waals surface area contributed by atoms with Gasteiger partial charge in [-0.3, -0.25) is 0 Å². The Morgan fingerprint density at radius 3 is 2.29 bits per heavy atom. The molecule has 4 nitrogen and oxygen atoms in total. The lowest BCUT2D eigenvalue weighted by molar-refractivity contribution is -0.167. The van der Waals surface area contributed by atoms with Gasteiger partial charge in [0.2, 0.25) is 11.0 Å². The predicted octanol–water partition coefficient (Wildman–Crippen LogP) is 0.261. The van der Waals surface area contributed by atoms with Crippen LogP contribution in [-0.2, 0) is 9.59 Å². The third-order valence-electron chi connectivity index (χ3n) is 1.58. The summed E-state index contributed by atoms with van der Waals surface area (Å²) in [6.07, 6.45) is 0.337. The number of alkyl halides is 3. The number of nitrogens with two attached hydrogens (primary N) is 1. The Labute approximate surface area is 81.6 Å². The summed E-state index contributed by atoms with van der Waals surface area (Å²) in [7, 11) is 0. The van der Waals surface area contributed by atoms with Gasteiger partial charge >= 0.3 is 11.9 Å². The third-order valence-corrected chi connectivity index (χ3v) is 2.29. The Morgan fingerprint density at radius 1 is 1.64 bits per heavy atom. The van der Waals surface area contributed by atoms with Crippen molar-refractivity contribution in [2.24, 2.45) is 5.73 Å². The lowest BCUT2D eigenvalue weighted by Crippen LogP contribution is -2.65. The van der Waals surface area contributed by atoms with E-state index in [0.717, 1.165) is 6.26 Å². The molecule has 2 atom stereocenters. The quantitative estimate of drug-likeness (QED) is 0.524. The minimum atomic E-state index is -4.46. The van der Waals surface area contributed by atoms with Crippen LogP contribution in [0.3, 0.4) is 0 Å². The van der Waals surface area contributed by atoms with Crippen molar-refractivity contribution in [1.82, 2.24) is 0 Å². The molecule has 0 aromatic carbocycles. The summed E-state index contributed by atoms with van der Waals surface area (Å²) < 4.78 is 38.6. The molecule has 0 saturated heterocycles. The first-order chi connectivity index (χ1) is 6.24. The van der Waals surface area contributed by atoms with Gasteiger partial charge in [0.05, 0.1) is 0 Å². The monoisotopic (exact) mass is 231 g/mol. The molecule has 0 aliphatic heterocycles. The minimum absolute atomic E-state index is 0.0725. The summed E-state index contributed by atoms with van der Waals surface area (Å²) in [5.41, 5.74) is -1.76. The van der Waals surface area contributed by atoms with Crippen molar-refractivity contribution in [3.8, 4) is 0 Å². The lowest BCUT2D eigenvalue weighted by atomic mass is 9.95. The normalized spacial score (nSPS) is 18.4. The van der Waals surface area contributed by atoms with Crippen molar-refractivity contribution in [3.05, 3.63) is 0 Å². The van der Waals surface area contributed by atoms with Gasteiger partial charge in [-0.2, -0.15) is 8.78 Å². The van der Waals surface area contributed by atoms with Gasteiger partial charge < -0.3 is 15.6 Å². The summed E-state index contributed by atoms with van der Waals surface area (Å²) in [4.78, 5) is 20.5. The molecular formula is C6H8F3NO3S. The van der Waals surface area contributed by atoms with Crippen LogP contribution in [-0.4, -0.2) is 40.6 Å². The number of carboxylic acid groups (broad SMARTS) is 1. The summed E-state index contributed by atoms with van der Waals surface area (Å²) in [6, 6.07) is 0. The van der Waals surface area contributed by atoms with E-state index in [9.17, 15) is 22.8 Å². The van der Waals surface area contributed by atoms with Gasteiger partial charge in [0.15, 0.2) is 6.29 Å². The highest BCUT2D eigenvalue weighted by Gasteiger charge is 2.62. The summed E-state index contributed by atoms with van der Waals surface area (Å²) in [6.45, 7) is 0. The van der Waals surface area contributed by atoms with E-state index in [4.69, 9.17) is 5.11 Å². The molecule has 14 heavy (non-hydrogen) atoms. The SMILES string of the molecule is CSC(F)C(F)(F)C(N)(C=O)C(=O)O. The van der Waals surface area contributed by atoms with Crippen LogP contribution < -0.4 is 5.73 Å². The molecule has 8 heteroatoms. The van der Waals surface area contributed by atoms with Crippen molar-refractivity contribution >= 4 is 24.0 Å². The van der Waals surface area contributed by atoms with Crippen LogP contribution in [0.5, 0.6) is 0 Å². The molecule has 0 heterocycles. The average Bonchev–Trinajstić information content (AvgIpc) is 2.14. The van der Waals surface area contributed by atoms with E-state index in [1.165, 1.54) is 0 Å². The fourth-order valence-corrected chi connectivity index (χ4v) is 1.10. The summed E-state index contributed by atoms with van der Waals surface area (Å²) >= 11 is 0.0725. The fourth-order valence-electron chi connectivity index (χ4n) is 0.607. The van der Waals surface area contributed by atoms with Crippen molar-refractivity contribution in [2.45, 2.75) is 17.0 Å². The molecule has 0 spiro atoms. The van der Waals surface area contributed by atoms with Crippen LogP contribution in [0, 0.1) is 0 Å². The maximum absolute atomic E-state index is 13.0. The number of thioether (sulfide) groups is 1. The van der Waals surface area contributed by atoms with Crippen LogP contribution in [0.15, 0.2) is 0 Å². The van der Waals surface area contributed by atoms with Crippen molar-refractivity contribution < 1.29 is 27.9 Å². The van der Waals surface area contributed by atoms with Gasteiger partial charge in [-0.05, 0) is 6.26 Å². The maximum atomic E-state index is 13.0. The van der Waals surface area contributed by atoms with Crippen LogP contribution >= 0.6 is 11.8 Å². The number of hydrogen-bond donors (Lipinski definition) is 2. The van der Waals surface area contributed by atoms with Gasteiger partial charge in [-0.25, -0.2) is 9.18 Å². The Hall–Kier alpha value is -0.760. The molecular weight excluding hydrogens is 223 g/mol. The molecule has 82 valence electrons. The highest BCUT2D eigenvalue weighted by molar-refractivity contribution is 7.99. The number of carboxylic acids is 1. The molecule has 0 aliphatic carbocycles. The zero-order valence-electron chi connectivity index (χ0n) is 7.04. The largest absolute Gasteiger partial charge is 0.479 e. The van der Waals surface area contributed by atoms with E-state index in [2.05, 4.69) is 5.73 Å². The van der Waals surface area contributed by atoms with Crippen LogP contribution in [0.25, 0.3) is 0 Å². The van der Waals surface area contributed by atoms with E-state index >= 15 is 0 Å². The van der Waals surface area contributed by atoms with Gasteiger partial charge in [0, 0.05) is 0 Å². The number of aliphatic carboxylic acids is 1. The molecule has 0 aliphatic rings. The van der Waals surface area contributed by atoms with Crippen LogP contribution in [0.1, 0.15) is 0 Å². The van der Waals surface area contributed by atoms with E-state index in [0.29, 0.717) is 0 Å². The molecule has 0 saturated carbocycles. The second kappa shape index (κ2) is 4.18. The van der Waals surface area contributed by atoms with E-state index < -0.39 is 29.2 Å². The maximum Gasteiger partial charge on any atom is 0.337 e. The minimum Gasteiger partial charge on any atom is -0.479 e. The van der Waals surface area contributed by atoms with Gasteiger partial charge in [0.1, 0.15) is 0 Å². The Balaban J connectivity index is 5.20. The Bertz CT molecular complexity index is 250. The second-order valence-electron chi connectivity index (χ2n) is 2.47. The first-order valence-corrected chi connectivity index (χ1v) is 4.56. The second-order valence-corrected chi connectivity index (χ2v) is 3.35. The number of carbonyl (C=O) groups excluding carboxylic acids is 1. The number of aldehydes is 1. The standard InChI is InChI=1S/C6H8F3NO3S/c1-14-3(7)6(8,9)5(10,2-11)4(12)13/h2-3H,10H2,1H3,(H,12,13). The van der Waals surface area contributed by atoms with Gasteiger partial charge in [-0.1, -0.05) is 0 Å². The summed E-state index contributed by atoms with van der Waals surface area (Å²) in [5, 5.41) is 8.30. The summed E-state index contributed by atoms with van der Waals surface area (Å²) in [5.74, 6) is -6.73. The first-order valence-electron chi connectivity index (χ1n) is 3.27. The third kappa shape index (κ3) is 1.85. The molecule has 0 amide bonds. The van der Waals surface area contributed by atoms with E-state index in [1.54, 1.807) is 0 Å². The Morgan fingerprint density at radius 2 is 2.07 bits per heavy atom. The predicted molar refractivity (Wildman–Crippen MR) is 44.0 cm³/mol. The smallest absolute Gasteiger partial charge is 0.337 e. The zero-order chi connectivity index (χ0) is 11.6. The molecule has 0 fully saturated rings. The van der Waals surface area contributed by atoms with Crippen LogP contribution in [0.2, 0.25) is 0 Å². The number of halogens is 3. The van der Waals surface area contributed by atoms with Crippen LogP contribution in [0.4, 0.5) is 13.2 Å². The fraction of sp³-hybridized carbons (Fsp3) is 0.667. The number of hydrogen-bond acceptors (Lipinski definition) is 4. The lowest BCUT2D eigenvalue weighted by Gasteiger charge is -2.29. The highest BCUT2D eigenvalue weighted by Crippen LogP contribution is 2.36. The van der Waals surface area contributed by atoms with Crippen molar-refractivity contribution in [1.29, 1.82) is 0 Å². The molecule has 0 rings (SSSR count). The number of rotatable bonds is 5. The van der Waals surface area contributed by atoms with Gasteiger partial charge in [-0.15, -0.1) is 11.8 Å². The topological polar surface area (TPSA) is 80.4 Å². The first kappa shape index (κ1) is 13.2. The molecule has 0 radical (unpaired) electrons. The molecule has 3 N–H and O–H groups in total. The van der Waals surface area contributed by atoms with E-state index in [1.807, 2.05) is 0 Å². The molecule has 0 aromatic heterocycles. The molecule has 0 bridgehead atoms.